The van der Waals surface area contributed by atoms with Gasteiger partial charge in [0.25, 0.3) is 5.91 Å². The molecule has 0 aliphatic heterocycles. The number of nitrogens with one attached hydrogen (secondary N) is 2. The third kappa shape index (κ3) is 3.32. The lowest BCUT2D eigenvalue weighted by Gasteiger charge is -2.17. The monoisotopic (exact) mass is 328 g/mol. The maximum atomic E-state index is 13.0. The summed E-state index contributed by atoms with van der Waals surface area (Å²) >= 11 is 0. The summed E-state index contributed by atoms with van der Waals surface area (Å²) in [5.41, 5.74) is 1.17. The Morgan fingerprint density at radius 2 is 1.92 bits per heavy atom. The molecule has 0 aliphatic rings. The van der Waals surface area contributed by atoms with Gasteiger partial charge in [0.15, 0.2) is 0 Å². The molecule has 3 rings (SSSR count). The highest BCUT2D eigenvalue weighted by Crippen LogP contribution is 2.19. The Labute approximate surface area is 138 Å². The minimum Gasteiger partial charge on any atom is -0.324 e. The number of hydrogen-bond donors (Lipinski definition) is 2. The molecule has 2 heterocycles. The molecule has 0 aliphatic carbocycles. The van der Waals surface area contributed by atoms with Crippen LogP contribution < -0.4 is 5.32 Å². The fraction of sp³-hybridized carbons (Fsp3) is 0.250. The standard InChI is InChI=1S/C16H17FN6O/c1-16(2,3)23-9-19-13(22-23)14(24)21-15-18-8-12(20-15)10-4-6-11(17)7-5-10/h4-9H,1-3H3,(H2,18,20,21,24). The molecule has 0 saturated carbocycles. The third-order valence-corrected chi connectivity index (χ3v) is 3.35. The summed E-state index contributed by atoms with van der Waals surface area (Å²) in [6, 6.07) is 5.97. The lowest BCUT2D eigenvalue weighted by molar-refractivity contribution is 0.101. The van der Waals surface area contributed by atoms with Crippen LogP contribution in [-0.2, 0) is 5.54 Å². The molecule has 8 heteroatoms. The molecule has 1 amide bonds. The van der Waals surface area contributed by atoms with E-state index in [1.807, 2.05) is 20.8 Å². The molecule has 2 aromatic heterocycles. The van der Waals surface area contributed by atoms with Gasteiger partial charge in [0.05, 0.1) is 17.4 Å². The molecular weight excluding hydrogens is 311 g/mol. The molecule has 7 nitrogen and oxygen atoms in total. The Morgan fingerprint density at radius 3 is 2.54 bits per heavy atom. The van der Waals surface area contributed by atoms with E-state index in [0.717, 1.165) is 5.56 Å². The first-order chi connectivity index (χ1) is 11.3. The van der Waals surface area contributed by atoms with Gasteiger partial charge in [-0.25, -0.2) is 19.0 Å². The lowest BCUT2D eigenvalue weighted by Crippen LogP contribution is -2.23. The van der Waals surface area contributed by atoms with E-state index in [9.17, 15) is 9.18 Å². The van der Waals surface area contributed by atoms with E-state index in [-0.39, 0.29) is 23.1 Å². The Balaban J connectivity index is 1.73. The number of anilines is 1. The summed E-state index contributed by atoms with van der Waals surface area (Å²) in [4.78, 5) is 23.2. The van der Waals surface area contributed by atoms with Gasteiger partial charge in [-0.2, -0.15) is 0 Å². The van der Waals surface area contributed by atoms with Gasteiger partial charge in [-0.15, -0.1) is 5.10 Å². The van der Waals surface area contributed by atoms with Gasteiger partial charge in [-0.05, 0) is 50.6 Å². The van der Waals surface area contributed by atoms with Crippen LogP contribution in [0.25, 0.3) is 11.3 Å². The van der Waals surface area contributed by atoms with E-state index in [1.54, 1.807) is 23.0 Å². The van der Waals surface area contributed by atoms with Gasteiger partial charge >= 0.3 is 0 Å². The number of rotatable bonds is 3. The van der Waals surface area contributed by atoms with Crippen LogP contribution in [-0.4, -0.2) is 30.6 Å². The molecule has 0 saturated heterocycles. The summed E-state index contributed by atoms with van der Waals surface area (Å²) in [6.07, 6.45) is 3.07. The van der Waals surface area contributed by atoms with Crippen molar-refractivity contribution in [3.8, 4) is 11.3 Å². The molecule has 0 bridgehead atoms. The summed E-state index contributed by atoms with van der Waals surface area (Å²) in [6.45, 7) is 5.89. The zero-order chi connectivity index (χ0) is 17.3. The number of carbonyl (C=O) groups is 1. The zero-order valence-corrected chi connectivity index (χ0v) is 13.5. The van der Waals surface area contributed by atoms with E-state index in [0.29, 0.717) is 5.69 Å². The second-order valence-electron chi connectivity index (χ2n) is 6.29. The molecule has 0 spiro atoms. The van der Waals surface area contributed by atoms with Crippen molar-refractivity contribution in [2.75, 3.05) is 5.32 Å². The Bertz CT molecular complexity index is 859. The number of H-pyrrole nitrogens is 1. The number of benzene rings is 1. The predicted molar refractivity (Wildman–Crippen MR) is 87.0 cm³/mol. The SMILES string of the molecule is CC(C)(C)n1cnc(C(=O)Nc2ncc(-c3ccc(F)cc3)[nH]2)n1. The second-order valence-corrected chi connectivity index (χ2v) is 6.29. The number of aromatic amines is 1. The van der Waals surface area contributed by atoms with Crippen molar-refractivity contribution in [1.82, 2.24) is 24.7 Å². The predicted octanol–water partition coefficient (Wildman–Crippen LogP) is 2.81. The molecule has 3 aromatic rings. The van der Waals surface area contributed by atoms with Crippen LogP contribution in [0.1, 0.15) is 31.4 Å². The number of carbonyl (C=O) groups excluding carboxylic acids is 1. The molecule has 1 aromatic carbocycles. The van der Waals surface area contributed by atoms with Crippen LogP contribution >= 0.6 is 0 Å². The van der Waals surface area contributed by atoms with E-state index in [4.69, 9.17) is 0 Å². The minimum absolute atomic E-state index is 0.0599. The highest BCUT2D eigenvalue weighted by atomic mass is 19.1. The normalized spacial score (nSPS) is 11.5. The smallest absolute Gasteiger partial charge is 0.297 e. The Kier molecular flexibility index (Phi) is 3.88. The fourth-order valence-electron chi connectivity index (χ4n) is 2.01. The summed E-state index contributed by atoms with van der Waals surface area (Å²) < 4.78 is 14.6. The first kappa shape index (κ1) is 15.9. The molecule has 2 N–H and O–H groups in total. The Morgan fingerprint density at radius 1 is 1.21 bits per heavy atom. The lowest BCUT2D eigenvalue weighted by atomic mass is 10.1. The number of nitrogens with zero attached hydrogens (tertiary/aromatic N) is 4. The first-order valence-corrected chi connectivity index (χ1v) is 7.37. The molecule has 124 valence electrons. The number of hydrogen-bond acceptors (Lipinski definition) is 4. The van der Waals surface area contributed by atoms with E-state index >= 15 is 0 Å². The van der Waals surface area contributed by atoms with Crippen molar-refractivity contribution in [3.63, 3.8) is 0 Å². The summed E-state index contributed by atoms with van der Waals surface area (Å²) in [5.74, 6) is -0.443. The van der Waals surface area contributed by atoms with Crippen molar-refractivity contribution >= 4 is 11.9 Å². The first-order valence-electron chi connectivity index (χ1n) is 7.37. The van der Waals surface area contributed by atoms with Gasteiger partial charge in [0.1, 0.15) is 12.1 Å². The Hall–Kier alpha value is -3.03. The number of imidazole rings is 1. The molecule has 0 unspecified atom stereocenters. The fourth-order valence-corrected chi connectivity index (χ4v) is 2.01. The van der Waals surface area contributed by atoms with Crippen molar-refractivity contribution in [1.29, 1.82) is 0 Å². The largest absolute Gasteiger partial charge is 0.324 e. The van der Waals surface area contributed by atoms with Gasteiger partial charge in [-0.1, -0.05) is 0 Å². The third-order valence-electron chi connectivity index (χ3n) is 3.35. The quantitative estimate of drug-likeness (QED) is 0.774. The van der Waals surface area contributed by atoms with Crippen LogP contribution in [0.2, 0.25) is 0 Å². The van der Waals surface area contributed by atoms with E-state index in [1.165, 1.54) is 18.5 Å². The van der Waals surface area contributed by atoms with Gasteiger partial charge < -0.3 is 4.98 Å². The average molecular weight is 328 g/mol. The van der Waals surface area contributed by atoms with E-state index in [2.05, 4.69) is 25.4 Å². The maximum Gasteiger partial charge on any atom is 0.297 e. The van der Waals surface area contributed by atoms with Gasteiger partial charge in [0, 0.05) is 0 Å². The number of halogens is 1. The number of amides is 1. The highest BCUT2D eigenvalue weighted by Gasteiger charge is 2.19. The summed E-state index contributed by atoms with van der Waals surface area (Å²) in [7, 11) is 0. The van der Waals surface area contributed by atoms with Crippen LogP contribution in [0.5, 0.6) is 0 Å². The van der Waals surface area contributed by atoms with Crippen molar-refractivity contribution in [2.24, 2.45) is 0 Å². The van der Waals surface area contributed by atoms with Crippen LogP contribution in [0.4, 0.5) is 10.3 Å². The zero-order valence-electron chi connectivity index (χ0n) is 13.5. The average Bonchev–Trinajstić information content (AvgIpc) is 3.16. The maximum absolute atomic E-state index is 13.0. The van der Waals surface area contributed by atoms with E-state index < -0.39 is 5.91 Å². The highest BCUT2D eigenvalue weighted by molar-refractivity contribution is 6.00. The van der Waals surface area contributed by atoms with Crippen molar-refractivity contribution in [3.05, 3.63) is 48.4 Å². The molecule has 24 heavy (non-hydrogen) atoms. The molecular formula is C16H17FN6O. The van der Waals surface area contributed by atoms with Crippen LogP contribution in [0, 0.1) is 5.82 Å². The van der Waals surface area contributed by atoms with Gasteiger partial charge in [0.2, 0.25) is 11.8 Å². The van der Waals surface area contributed by atoms with Crippen LogP contribution in [0.3, 0.4) is 0 Å². The van der Waals surface area contributed by atoms with Crippen molar-refractivity contribution < 1.29 is 9.18 Å². The summed E-state index contributed by atoms with van der Waals surface area (Å²) in [5, 5.41) is 6.77. The molecule has 0 fully saturated rings. The molecule has 0 atom stereocenters. The molecule has 0 radical (unpaired) electrons. The van der Waals surface area contributed by atoms with Gasteiger partial charge in [-0.3, -0.25) is 10.1 Å². The van der Waals surface area contributed by atoms with Crippen LogP contribution in [0.15, 0.2) is 36.8 Å². The number of aromatic nitrogens is 5. The van der Waals surface area contributed by atoms with Crippen molar-refractivity contribution in [2.45, 2.75) is 26.3 Å². The topological polar surface area (TPSA) is 88.5 Å². The second kappa shape index (κ2) is 5.88. The minimum atomic E-state index is -0.460.